The van der Waals surface area contributed by atoms with Gasteiger partial charge in [0, 0.05) is 19.6 Å². The first kappa shape index (κ1) is 9.93. The largest absolute Gasteiger partial charge is 0.368 e. The third-order valence-electron chi connectivity index (χ3n) is 3.62. The van der Waals surface area contributed by atoms with Gasteiger partial charge in [-0.25, -0.2) is 0 Å². The number of nitrogens with two attached hydrogens (primary N) is 2. The third-order valence-corrected chi connectivity index (χ3v) is 3.62. The van der Waals surface area contributed by atoms with E-state index in [1.54, 1.807) is 0 Å². The lowest BCUT2D eigenvalue weighted by Crippen LogP contribution is -2.45. The van der Waals surface area contributed by atoms with E-state index < -0.39 is 6.04 Å². The number of carbonyl (C=O) groups is 1. The van der Waals surface area contributed by atoms with Gasteiger partial charge in [-0.3, -0.25) is 4.79 Å². The molecule has 2 aliphatic rings. The first-order valence-corrected chi connectivity index (χ1v) is 5.44. The van der Waals surface area contributed by atoms with Crippen LogP contribution in [0.2, 0.25) is 0 Å². The van der Waals surface area contributed by atoms with Gasteiger partial charge in [0.2, 0.25) is 5.91 Å². The van der Waals surface area contributed by atoms with Gasteiger partial charge in [-0.05, 0) is 24.7 Å². The quantitative estimate of drug-likeness (QED) is 0.642. The molecule has 1 amide bonds. The van der Waals surface area contributed by atoms with Crippen molar-refractivity contribution in [3.05, 3.63) is 0 Å². The molecule has 1 aliphatic carbocycles. The van der Waals surface area contributed by atoms with Crippen LogP contribution in [0, 0.1) is 11.8 Å². The van der Waals surface area contributed by atoms with Crippen LogP contribution in [-0.4, -0.2) is 36.5 Å². The molecule has 4 nitrogen and oxygen atoms in total. The van der Waals surface area contributed by atoms with Crippen molar-refractivity contribution in [2.24, 2.45) is 23.3 Å². The standard InChI is InChI=1S/C10H19N3O/c11-9(10(12)14)6-13-4-7-2-1-3-8(7)5-13/h7-9H,1-6,11H2,(H2,12,14). The predicted octanol–water partition coefficient (Wildman–Crippen LogP) is -0.469. The second-order valence-corrected chi connectivity index (χ2v) is 4.68. The van der Waals surface area contributed by atoms with E-state index in [0.29, 0.717) is 6.54 Å². The fraction of sp³-hybridized carbons (Fsp3) is 0.900. The van der Waals surface area contributed by atoms with Gasteiger partial charge in [-0.1, -0.05) is 6.42 Å². The average Bonchev–Trinajstić information content (AvgIpc) is 2.63. The van der Waals surface area contributed by atoms with E-state index in [0.717, 1.165) is 24.9 Å². The molecular weight excluding hydrogens is 178 g/mol. The molecule has 0 aromatic carbocycles. The number of likely N-dealkylation sites (tertiary alicyclic amines) is 1. The van der Waals surface area contributed by atoms with E-state index in [9.17, 15) is 4.79 Å². The maximum atomic E-state index is 10.8. The van der Waals surface area contributed by atoms with E-state index in [2.05, 4.69) is 4.90 Å². The maximum Gasteiger partial charge on any atom is 0.235 e. The first-order valence-electron chi connectivity index (χ1n) is 5.44. The number of hydrogen-bond acceptors (Lipinski definition) is 3. The molecular formula is C10H19N3O. The summed E-state index contributed by atoms with van der Waals surface area (Å²) in [5.74, 6) is 1.33. The Hall–Kier alpha value is -0.610. The van der Waals surface area contributed by atoms with Gasteiger partial charge in [0.05, 0.1) is 6.04 Å². The lowest BCUT2D eigenvalue weighted by Gasteiger charge is -2.19. The summed E-state index contributed by atoms with van der Waals surface area (Å²) in [5.41, 5.74) is 10.8. The van der Waals surface area contributed by atoms with Crippen molar-refractivity contribution in [1.29, 1.82) is 0 Å². The molecule has 0 bridgehead atoms. The van der Waals surface area contributed by atoms with E-state index in [4.69, 9.17) is 11.5 Å². The molecule has 0 aromatic rings. The third kappa shape index (κ3) is 1.91. The van der Waals surface area contributed by atoms with Crippen molar-refractivity contribution in [2.45, 2.75) is 25.3 Å². The van der Waals surface area contributed by atoms with Gasteiger partial charge in [0.15, 0.2) is 0 Å². The summed E-state index contributed by atoms with van der Waals surface area (Å²) in [4.78, 5) is 13.1. The van der Waals surface area contributed by atoms with Crippen molar-refractivity contribution < 1.29 is 4.79 Å². The van der Waals surface area contributed by atoms with Gasteiger partial charge < -0.3 is 16.4 Å². The zero-order valence-corrected chi connectivity index (χ0v) is 8.48. The molecule has 1 aliphatic heterocycles. The predicted molar refractivity (Wildman–Crippen MR) is 54.4 cm³/mol. The minimum absolute atomic E-state index is 0.387. The van der Waals surface area contributed by atoms with Crippen LogP contribution in [0.1, 0.15) is 19.3 Å². The lowest BCUT2D eigenvalue weighted by molar-refractivity contribution is -0.119. The molecule has 2 fully saturated rings. The second kappa shape index (κ2) is 3.87. The number of nitrogens with zero attached hydrogens (tertiary/aromatic N) is 1. The molecule has 80 valence electrons. The monoisotopic (exact) mass is 197 g/mol. The summed E-state index contributed by atoms with van der Waals surface area (Å²) in [6.07, 6.45) is 4.09. The van der Waals surface area contributed by atoms with Crippen LogP contribution in [0.3, 0.4) is 0 Å². The molecule has 4 heteroatoms. The van der Waals surface area contributed by atoms with Crippen LogP contribution < -0.4 is 11.5 Å². The normalized spacial score (nSPS) is 34.4. The highest BCUT2D eigenvalue weighted by Gasteiger charge is 2.36. The summed E-state index contributed by atoms with van der Waals surface area (Å²) in [6, 6.07) is -0.492. The van der Waals surface area contributed by atoms with Crippen LogP contribution in [0.4, 0.5) is 0 Å². The highest BCUT2D eigenvalue weighted by molar-refractivity contribution is 5.79. The van der Waals surface area contributed by atoms with E-state index >= 15 is 0 Å². The molecule has 0 radical (unpaired) electrons. The first-order chi connectivity index (χ1) is 6.66. The zero-order valence-electron chi connectivity index (χ0n) is 8.48. The number of primary amides is 1. The van der Waals surface area contributed by atoms with E-state index in [-0.39, 0.29) is 5.91 Å². The number of hydrogen-bond donors (Lipinski definition) is 2. The minimum Gasteiger partial charge on any atom is -0.368 e. The van der Waals surface area contributed by atoms with Gasteiger partial charge in [0.1, 0.15) is 0 Å². The number of amides is 1. The molecule has 1 saturated carbocycles. The molecule has 3 unspecified atom stereocenters. The Balaban J connectivity index is 1.81. The molecule has 1 saturated heterocycles. The Labute approximate surface area is 84.6 Å². The van der Waals surface area contributed by atoms with E-state index in [1.807, 2.05) is 0 Å². The van der Waals surface area contributed by atoms with E-state index in [1.165, 1.54) is 19.3 Å². The van der Waals surface area contributed by atoms with Gasteiger partial charge in [-0.2, -0.15) is 0 Å². The Morgan fingerprint density at radius 1 is 1.36 bits per heavy atom. The van der Waals surface area contributed by atoms with Crippen molar-refractivity contribution in [3.63, 3.8) is 0 Å². The number of fused-ring (bicyclic) bond motifs is 1. The Morgan fingerprint density at radius 3 is 2.43 bits per heavy atom. The SMILES string of the molecule is NC(=O)C(N)CN1CC2CCCC2C1. The Morgan fingerprint density at radius 2 is 1.93 bits per heavy atom. The molecule has 4 N–H and O–H groups in total. The molecule has 0 aromatic heterocycles. The lowest BCUT2D eigenvalue weighted by atomic mass is 10.0. The summed E-state index contributed by atoms with van der Waals surface area (Å²) in [6.45, 7) is 2.87. The molecule has 1 heterocycles. The summed E-state index contributed by atoms with van der Waals surface area (Å²) in [7, 11) is 0. The van der Waals surface area contributed by atoms with Gasteiger partial charge in [-0.15, -0.1) is 0 Å². The summed E-state index contributed by atoms with van der Waals surface area (Å²) >= 11 is 0. The maximum absolute atomic E-state index is 10.8. The zero-order chi connectivity index (χ0) is 10.1. The minimum atomic E-state index is -0.492. The number of carbonyl (C=O) groups excluding carboxylic acids is 1. The Kier molecular flexibility index (Phi) is 2.74. The molecule has 3 atom stereocenters. The summed E-state index contributed by atoms with van der Waals surface area (Å²) in [5, 5.41) is 0. The van der Waals surface area contributed by atoms with Crippen LogP contribution in [-0.2, 0) is 4.79 Å². The van der Waals surface area contributed by atoms with Crippen LogP contribution in [0.5, 0.6) is 0 Å². The van der Waals surface area contributed by atoms with Crippen LogP contribution >= 0.6 is 0 Å². The fourth-order valence-corrected chi connectivity index (χ4v) is 2.85. The summed E-state index contributed by atoms with van der Waals surface area (Å²) < 4.78 is 0. The van der Waals surface area contributed by atoms with Gasteiger partial charge in [0.25, 0.3) is 0 Å². The van der Waals surface area contributed by atoms with Gasteiger partial charge >= 0.3 is 0 Å². The highest BCUT2D eigenvalue weighted by atomic mass is 16.1. The Bertz CT molecular complexity index is 219. The van der Waals surface area contributed by atoms with Crippen LogP contribution in [0.25, 0.3) is 0 Å². The average molecular weight is 197 g/mol. The van der Waals surface area contributed by atoms with Crippen molar-refractivity contribution in [1.82, 2.24) is 4.90 Å². The topological polar surface area (TPSA) is 72.3 Å². The molecule has 2 rings (SSSR count). The number of rotatable bonds is 3. The molecule has 14 heavy (non-hydrogen) atoms. The van der Waals surface area contributed by atoms with Crippen molar-refractivity contribution >= 4 is 5.91 Å². The second-order valence-electron chi connectivity index (χ2n) is 4.68. The smallest absolute Gasteiger partial charge is 0.235 e. The van der Waals surface area contributed by atoms with Crippen molar-refractivity contribution in [3.8, 4) is 0 Å². The highest BCUT2D eigenvalue weighted by Crippen LogP contribution is 2.37. The van der Waals surface area contributed by atoms with Crippen LogP contribution in [0.15, 0.2) is 0 Å². The van der Waals surface area contributed by atoms with Crippen molar-refractivity contribution in [2.75, 3.05) is 19.6 Å². The fourth-order valence-electron chi connectivity index (χ4n) is 2.85. The molecule has 0 spiro atoms.